The second-order valence-electron chi connectivity index (χ2n) is 15.1. The number of nitrogens with zero attached hydrogens (tertiary/aromatic N) is 3. The summed E-state index contributed by atoms with van der Waals surface area (Å²) in [4.78, 5) is 36.5. The first-order valence-corrected chi connectivity index (χ1v) is 18.8. The van der Waals surface area contributed by atoms with Gasteiger partial charge in [0, 0.05) is 12.1 Å². The lowest BCUT2D eigenvalue weighted by atomic mass is 9.87. The van der Waals surface area contributed by atoms with Crippen molar-refractivity contribution in [3.05, 3.63) is 125 Å². The highest BCUT2D eigenvalue weighted by atomic mass is 32.2. The Hall–Kier alpha value is -5.35. The number of anilines is 1. The van der Waals surface area contributed by atoms with Crippen LogP contribution < -0.4 is 5.32 Å². The normalized spacial score (nSPS) is 12.3. The fourth-order valence-electron chi connectivity index (χ4n) is 5.98. The van der Waals surface area contributed by atoms with Crippen LogP contribution in [0.4, 0.5) is 5.82 Å². The maximum atomic E-state index is 14.6. The second-order valence-corrected chi connectivity index (χ2v) is 17.0. The summed E-state index contributed by atoms with van der Waals surface area (Å²) in [5, 5.41) is 2.93. The van der Waals surface area contributed by atoms with Crippen molar-refractivity contribution in [3.63, 3.8) is 0 Å². The van der Waals surface area contributed by atoms with Crippen LogP contribution in [0.2, 0.25) is 0 Å². The Bertz CT molecular complexity index is 2380. The number of aryl methyl sites for hydroxylation is 2. The van der Waals surface area contributed by atoms with Crippen LogP contribution in [-0.2, 0) is 31.9 Å². The fraction of sp³-hybridized carbons (Fsp3) is 0.286. The molecule has 0 fully saturated rings. The van der Waals surface area contributed by atoms with Crippen molar-refractivity contribution in [2.45, 2.75) is 82.1 Å². The predicted octanol–water partition coefficient (Wildman–Crippen LogP) is 8.82. The van der Waals surface area contributed by atoms with Gasteiger partial charge in [0.1, 0.15) is 16.2 Å². The van der Waals surface area contributed by atoms with E-state index in [4.69, 9.17) is 14.7 Å². The zero-order chi connectivity index (χ0) is 37.4. The number of para-hydroxylation sites is 2. The van der Waals surface area contributed by atoms with Crippen molar-refractivity contribution in [3.8, 4) is 0 Å². The predicted molar refractivity (Wildman–Crippen MR) is 205 cm³/mol. The minimum atomic E-state index is -4.23. The first-order valence-electron chi connectivity index (χ1n) is 17.3. The molecule has 1 N–H and O–H groups in total. The number of esters is 1. The minimum Gasteiger partial charge on any atom is -0.462 e. The van der Waals surface area contributed by atoms with Gasteiger partial charge in [0.05, 0.1) is 28.1 Å². The number of aromatic nitrogens is 3. The van der Waals surface area contributed by atoms with Gasteiger partial charge in [0.15, 0.2) is 5.65 Å². The molecular weight excluding hydrogens is 673 g/mol. The molecule has 268 valence electrons. The van der Waals surface area contributed by atoms with Gasteiger partial charge in [-0.15, -0.1) is 0 Å². The lowest BCUT2D eigenvalue weighted by molar-refractivity contribution is 0.0496. The first-order chi connectivity index (χ1) is 24.5. The van der Waals surface area contributed by atoms with Gasteiger partial charge in [0.25, 0.3) is 5.91 Å². The number of fused-ring (bicyclic) bond motifs is 2. The van der Waals surface area contributed by atoms with Gasteiger partial charge < -0.3 is 14.6 Å². The monoisotopic (exact) mass is 716 g/mol. The summed E-state index contributed by atoms with van der Waals surface area (Å²) in [6.45, 7) is 14.7. The average molecular weight is 717 g/mol. The molecule has 0 atom stereocenters. The molecule has 6 aromatic rings. The molecule has 0 aliphatic heterocycles. The Morgan fingerprint density at radius 2 is 1.27 bits per heavy atom. The van der Waals surface area contributed by atoms with E-state index in [1.807, 2.05) is 43.3 Å². The van der Waals surface area contributed by atoms with Crippen molar-refractivity contribution < 1.29 is 22.7 Å². The number of hydrogen-bond donors (Lipinski definition) is 1. The van der Waals surface area contributed by atoms with Gasteiger partial charge in [0.2, 0.25) is 9.84 Å². The Labute approximate surface area is 305 Å². The zero-order valence-electron chi connectivity index (χ0n) is 30.7. The van der Waals surface area contributed by atoms with Crippen molar-refractivity contribution in [1.82, 2.24) is 14.5 Å². The molecule has 0 radical (unpaired) electrons. The number of ether oxygens (including phenoxy) is 1. The number of carbonyl (C=O) groups is 2. The molecule has 9 nitrogen and oxygen atoms in total. The third kappa shape index (κ3) is 7.48. The Kier molecular flexibility index (Phi) is 9.81. The highest BCUT2D eigenvalue weighted by Gasteiger charge is 2.32. The van der Waals surface area contributed by atoms with Crippen LogP contribution in [0.3, 0.4) is 0 Å². The molecule has 0 saturated carbocycles. The molecule has 0 saturated heterocycles. The van der Waals surface area contributed by atoms with E-state index in [-0.39, 0.29) is 50.8 Å². The summed E-state index contributed by atoms with van der Waals surface area (Å²) in [6.07, 6.45) is 0.303. The molecule has 0 spiro atoms. The molecular formula is C42H44N4O5S. The van der Waals surface area contributed by atoms with Crippen LogP contribution in [0.5, 0.6) is 0 Å². The quantitative estimate of drug-likeness (QED) is 0.117. The number of nitrogens with one attached hydrogen (secondary N) is 1. The minimum absolute atomic E-state index is 0.0416. The van der Waals surface area contributed by atoms with E-state index in [9.17, 15) is 18.0 Å². The van der Waals surface area contributed by atoms with Crippen LogP contribution in [0.25, 0.3) is 22.2 Å². The summed E-state index contributed by atoms with van der Waals surface area (Å²) >= 11 is 0. The molecule has 6 rings (SSSR count). The lowest BCUT2D eigenvalue weighted by Gasteiger charge is -2.19. The maximum absolute atomic E-state index is 14.6. The topological polar surface area (TPSA) is 120 Å². The summed E-state index contributed by atoms with van der Waals surface area (Å²) in [7, 11) is -4.23. The van der Waals surface area contributed by atoms with Crippen LogP contribution in [0.15, 0.2) is 107 Å². The summed E-state index contributed by atoms with van der Waals surface area (Å²) < 4.78 is 36.4. The van der Waals surface area contributed by atoms with Crippen molar-refractivity contribution in [2.75, 3.05) is 11.9 Å². The van der Waals surface area contributed by atoms with E-state index in [1.54, 1.807) is 65.2 Å². The van der Waals surface area contributed by atoms with E-state index in [0.717, 1.165) is 16.7 Å². The molecule has 2 heterocycles. The van der Waals surface area contributed by atoms with E-state index in [1.165, 1.54) is 0 Å². The molecule has 0 unspecified atom stereocenters. The summed E-state index contributed by atoms with van der Waals surface area (Å²) in [5.41, 5.74) is 5.19. The first kappa shape index (κ1) is 36.4. The highest BCUT2D eigenvalue weighted by Crippen LogP contribution is 2.38. The molecule has 0 bridgehead atoms. The standard InChI is InChI=1S/C42H44N4O5S/c1-27-13-23-32(24-14-27)52(49,50)36-35-37(44-34-12-9-8-11-33(34)43-35)46(38(36)45-39(47)28-15-19-30(20-16-28)41(2,3)4)25-10-26-51-40(48)29-17-21-31(22-18-29)42(5,6)7/h8-9,11-24H,10,25-26H2,1-7H3,(H,45,47). The molecule has 1 amide bonds. The van der Waals surface area contributed by atoms with Crippen LogP contribution in [-0.4, -0.2) is 41.4 Å². The van der Waals surface area contributed by atoms with E-state index >= 15 is 0 Å². The fourth-order valence-corrected chi connectivity index (χ4v) is 7.52. The number of carbonyl (C=O) groups excluding carboxylic acids is 2. The van der Waals surface area contributed by atoms with Crippen molar-refractivity contribution in [1.29, 1.82) is 0 Å². The van der Waals surface area contributed by atoms with Crippen LogP contribution >= 0.6 is 0 Å². The third-order valence-corrected chi connectivity index (χ3v) is 10.9. The van der Waals surface area contributed by atoms with Gasteiger partial charge in [-0.1, -0.05) is 95.6 Å². The van der Waals surface area contributed by atoms with Crippen LogP contribution in [0, 0.1) is 6.92 Å². The Morgan fingerprint density at radius 1 is 0.731 bits per heavy atom. The third-order valence-electron chi connectivity index (χ3n) is 9.10. The van der Waals surface area contributed by atoms with Crippen molar-refractivity contribution >= 4 is 49.7 Å². The van der Waals surface area contributed by atoms with Gasteiger partial charge in [-0.25, -0.2) is 23.2 Å². The molecule has 4 aromatic carbocycles. The molecule has 0 aliphatic rings. The van der Waals surface area contributed by atoms with Crippen molar-refractivity contribution in [2.24, 2.45) is 0 Å². The number of benzene rings is 4. The van der Waals surface area contributed by atoms with Crippen LogP contribution in [0.1, 0.15) is 85.4 Å². The average Bonchev–Trinajstić information content (AvgIpc) is 3.40. The number of hydrogen-bond acceptors (Lipinski definition) is 7. The van der Waals surface area contributed by atoms with E-state index in [0.29, 0.717) is 28.6 Å². The summed E-state index contributed by atoms with van der Waals surface area (Å²) in [6, 6.07) is 28.4. The maximum Gasteiger partial charge on any atom is 0.338 e. The van der Waals surface area contributed by atoms with Gasteiger partial charge in [-0.3, -0.25) is 4.79 Å². The number of sulfone groups is 1. The molecule has 10 heteroatoms. The van der Waals surface area contributed by atoms with E-state index in [2.05, 4.69) is 46.9 Å². The molecule has 0 aliphatic carbocycles. The van der Waals surface area contributed by atoms with Gasteiger partial charge in [-0.05, 0) is 83.8 Å². The second kappa shape index (κ2) is 14.0. The smallest absolute Gasteiger partial charge is 0.338 e. The van der Waals surface area contributed by atoms with Gasteiger partial charge in [-0.2, -0.15) is 0 Å². The Balaban J connectivity index is 1.41. The SMILES string of the molecule is Cc1ccc(S(=O)(=O)c2c(NC(=O)c3ccc(C(C)(C)C)cc3)n(CCCOC(=O)c3ccc(C(C)(C)C)cc3)c3nc4ccccc4nc23)cc1. The lowest BCUT2D eigenvalue weighted by Crippen LogP contribution is -2.19. The van der Waals surface area contributed by atoms with E-state index < -0.39 is 21.7 Å². The largest absolute Gasteiger partial charge is 0.462 e. The number of rotatable bonds is 9. The molecule has 52 heavy (non-hydrogen) atoms. The molecule has 2 aromatic heterocycles. The van der Waals surface area contributed by atoms with Gasteiger partial charge >= 0.3 is 5.97 Å². The number of amides is 1. The highest BCUT2D eigenvalue weighted by molar-refractivity contribution is 7.92. The Morgan fingerprint density at radius 3 is 1.83 bits per heavy atom. The zero-order valence-corrected chi connectivity index (χ0v) is 31.5. The summed E-state index contributed by atoms with van der Waals surface area (Å²) in [5.74, 6) is -0.905.